The molecule has 0 aliphatic rings. The van der Waals surface area contributed by atoms with E-state index in [-0.39, 0.29) is 6.61 Å². The van der Waals surface area contributed by atoms with Crippen molar-refractivity contribution < 1.29 is 18.9 Å². The predicted molar refractivity (Wildman–Crippen MR) is 101 cm³/mol. The van der Waals surface area contributed by atoms with Crippen LogP contribution < -0.4 is 18.9 Å². The van der Waals surface area contributed by atoms with Crippen LogP contribution in [0.15, 0.2) is 42.5 Å². The molecule has 0 amide bonds. The molecule has 0 bridgehead atoms. The molecule has 2 aromatic carbocycles. The van der Waals surface area contributed by atoms with Crippen molar-refractivity contribution in [2.75, 3.05) is 20.3 Å². The van der Waals surface area contributed by atoms with Crippen LogP contribution in [-0.4, -0.2) is 35.5 Å². The molecule has 0 aliphatic heterocycles. The second-order valence-electron chi connectivity index (χ2n) is 5.60. The van der Waals surface area contributed by atoms with Crippen molar-refractivity contribution in [2.24, 2.45) is 0 Å². The van der Waals surface area contributed by atoms with Crippen LogP contribution in [0.5, 0.6) is 23.0 Å². The minimum Gasteiger partial charge on any atom is -0.497 e. The second kappa shape index (κ2) is 8.93. The lowest BCUT2D eigenvalue weighted by molar-refractivity contribution is 0.288. The SMILES string of the molecule is CCOc1ccc(-c2n[nH]c(COc3ccc(OC)cc3)n2)cc1OCC. The Labute approximate surface area is 158 Å². The maximum Gasteiger partial charge on any atom is 0.181 e. The van der Waals surface area contributed by atoms with Crippen molar-refractivity contribution in [2.45, 2.75) is 20.5 Å². The molecule has 3 aromatic rings. The highest BCUT2D eigenvalue weighted by molar-refractivity contribution is 5.60. The Bertz CT molecular complexity index is 862. The highest BCUT2D eigenvalue weighted by Crippen LogP contribution is 2.31. The first kappa shape index (κ1) is 18.6. The molecule has 3 rings (SSSR count). The van der Waals surface area contributed by atoms with Crippen LogP contribution in [0.4, 0.5) is 0 Å². The molecule has 0 saturated heterocycles. The van der Waals surface area contributed by atoms with Crippen molar-refractivity contribution in [1.29, 1.82) is 0 Å². The lowest BCUT2D eigenvalue weighted by Crippen LogP contribution is -1.99. The van der Waals surface area contributed by atoms with Crippen LogP contribution in [0, 0.1) is 0 Å². The lowest BCUT2D eigenvalue weighted by Gasteiger charge is -2.11. The number of H-pyrrole nitrogens is 1. The minimum atomic E-state index is 0.286. The van der Waals surface area contributed by atoms with Crippen LogP contribution in [0.3, 0.4) is 0 Å². The molecule has 0 aliphatic carbocycles. The molecule has 1 aromatic heterocycles. The van der Waals surface area contributed by atoms with Gasteiger partial charge in [0, 0.05) is 5.56 Å². The largest absolute Gasteiger partial charge is 0.497 e. The molecule has 0 fully saturated rings. The van der Waals surface area contributed by atoms with E-state index in [1.165, 1.54) is 0 Å². The van der Waals surface area contributed by atoms with Crippen molar-refractivity contribution in [1.82, 2.24) is 15.2 Å². The van der Waals surface area contributed by atoms with Crippen molar-refractivity contribution in [3.05, 3.63) is 48.3 Å². The van der Waals surface area contributed by atoms with Gasteiger partial charge in [-0.25, -0.2) is 4.98 Å². The summed E-state index contributed by atoms with van der Waals surface area (Å²) in [6.07, 6.45) is 0. The van der Waals surface area contributed by atoms with Crippen molar-refractivity contribution in [3.63, 3.8) is 0 Å². The molecule has 7 heteroatoms. The summed E-state index contributed by atoms with van der Waals surface area (Å²) in [5, 5.41) is 7.18. The topological polar surface area (TPSA) is 78.5 Å². The van der Waals surface area contributed by atoms with Gasteiger partial charge in [-0.2, -0.15) is 5.10 Å². The Kier molecular flexibility index (Phi) is 6.14. The van der Waals surface area contributed by atoms with Gasteiger partial charge < -0.3 is 18.9 Å². The Hall–Kier alpha value is -3.22. The summed E-state index contributed by atoms with van der Waals surface area (Å²) in [7, 11) is 1.63. The predicted octanol–water partition coefficient (Wildman–Crippen LogP) is 3.86. The molecule has 0 atom stereocenters. The van der Waals surface area contributed by atoms with Crippen LogP contribution >= 0.6 is 0 Å². The summed E-state index contributed by atoms with van der Waals surface area (Å²) in [5.74, 6) is 4.11. The number of aromatic amines is 1. The third-order valence-electron chi connectivity index (χ3n) is 3.77. The summed E-state index contributed by atoms with van der Waals surface area (Å²) in [4.78, 5) is 4.49. The Morgan fingerprint density at radius 2 is 1.56 bits per heavy atom. The zero-order chi connectivity index (χ0) is 19.1. The van der Waals surface area contributed by atoms with Gasteiger partial charge in [0.1, 0.15) is 18.1 Å². The number of benzene rings is 2. The summed E-state index contributed by atoms with van der Waals surface area (Å²) >= 11 is 0. The van der Waals surface area contributed by atoms with E-state index in [2.05, 4.69) is 15.2 Å². The van der Waals surface area contributed by atoms with E-state index in [4.69, 9.17) is 18.9 Å². The number of methoxy groups -OCH3 is 1. The highest BCUT2D eigenvalue weighted by Gasteiger charge is 2.11. The van der Waals surface area contributed by atoms with Gasteiger partial charge in [-0.15, -0.1) is 0 Å². The monoisotopic (exact) mass is 369 g/mol. The first-order chi connectivity index (χ1) is 13.2. The summed E-state index contributed by atoms with van der Waals surface area (Å²) in [6, 6.07) is 13.0. The molecular weight excluding hydrogens is 346 g/mol. The van der Waals surface area contributed by atoms with Gasteiger partial charge in [-0.05, 0) is 56.3 Å². The van der Waals surface area contributed by atoms with Crippen molar-refractivity contribution >= 4 is 0 Å². The van der Waals surface area contributed by atoms with Gasteiger partial charge in [0.2, 0.25) is 0 Å². The summed E-state index contributed by atoms with van der Waals surface area (Å²) in [6.45, 7) is 5.29. The first-order valence-electron chi connectivity index (χ1n) is 8.81. The Morgan fingerprint density at radius 3 is 2.26 bits per heavy atom. The lowest BCUT2D eigenvalue weighted by atomic mass is 10.2. The average Bonchev–Trinajstić information content (AvgIpc) is 3.17. The van der Waals surface area contributed by atoms with Crippen molar-refractivity contribution in [3.8, 4) is 34.4 Å². The standard InChI is InChI=1S/C20H23N3O4/c1-4-25-17-11-6-14(12-18(17)26-5-2)20-21-19(22-23-20)13-27-16-9-7-15(24-3)8-10-16/h6-12H,4-5,13H2,1-3H3,(H,21,22,23). The van der Waals surface area contributed by atoms with Gasteiger partial charge >= 0.3 is 0 Å². The quantitative estimate of drug-likeness (QED) is 0.617. The average molecular weight is 369 g/mol. The zero-order valence-corrected chi connectivity index (χ0v) is 15.7. The molecule has 7 nitrogen and oxygen atoms in total. The van der Waals surface area contributed by atoms with Gasteiger partial charge in [0.25, 0.3) is 0 Å². The summed E-state index contributed by atoms with van der Waals surface area (Å²) in [5.41, 5.74) is 0.842. The third-order valence-corrected chi connectivity index (χ3v) is 3.77. The normalized spacial score (nSPS) is 10.5. The number of nitrogens with zero attached hydrogens (tertiary/aromatic N) is 2. The van der Waals surface area contributed by atoms with Gasteiger partial charge in [0.15, 0.2) is 23.1 Å². The number of nitrogens with one attached hydrogen (secondary N) is 1. The van der Waals surface area contributed by atoms with E-state index in [9.17, 15) is 0 Å². The van der Waals surface area contributed by atoms with Crippen LogP contribution in [0.1, 0.15) is 19.7 Å². The van der Waals surface area contributed by atoms with Gasteiger partial charge in [-0.1, -0.05) is 0 Å². The molecule has 142 valence electrons. The molecule has 27 heavy (non-hydrogen) atoms. The fraction of sp³-hybridized carbons (Fsp3) is 0.300. The second-order valence-corrected chi connectivity index (χ2v) is 5.60. The fourth-order valence-corrected chi connectivity index (χ4v) is 2.50. The highest BCUT2D eigenvalue weighted by atomic mass is 16.5. The van der Waals surface area contributed by atoms with E-state index < -0.39 is 0 Å². The van der Waals surface area contributed by atoms with Gasteiger partial charge in [0.05, 0.1) is 20.3 Å². The molecule has 0 spiro atoms. The number of aromatic nitrogens is 3. The number of rotatable bonds is 9. The Morgan fingerprint density at radius 1 is 0.852 bits per heavy atom. The maximum atomic E-state index is 5.72. The van der Waals surface area contributed by atoms with Crippen LogP contribution in [-0.2, 0) is 6.61 Å². The number of hydrogen-bond acceptors (Lipinski definition) is 6. The summed E-state index contributed by atoms with van der Waals surface area (Å²) < 4.78 is 22.1. The molecule has 0 radical (unpaired) electrons. The van der Waals surface area contributed by atoms with Gasteiger partial charge in [-0.3, -0.25) is 5.10 Å². The maximum absolute atomic E-state index is 5.72. The first-order valence-corrected chi connectivity index (χ1v) is 8.81. The van der Waals surface area contributed by atoms with Crippen LogP contribution in [0.25, 0.3) is 11.4 Å². The van der Waals surface area contributed by atoms with E-state index in [0.717, 1.165) is 17.1 Å². The molecule has 0 saturated carbocycles. The fourth-order valence-electron chi connectivity index (χ4n) is 2.50. The third kappa shape index (κ3) is 4.69. The smallest absolute Gasteiger partial charge is 0.181 e. The molecule has 1 N–H and O–H groups in total. The van der Waals surface area contributed by atoms with E-state index in [0.29, 0.717) is 36.4 Å². The molecule has 0 unspecified atom stereocenters. The molecular formula is C20H23N3O4. The minimum absolute atomic E-state index is 0.286. The van der Waals surface area contributed by atoms with E-state index in [1.54, 1.807) is 7.11 Å². The van der Waals surface area contributed by atoms with E-state index in [1.807, 2.05) is 56.3 Å². The van der Waals surface area contributed by atoms with E-state index >= 15 is 0 Å². The zero-order valence-electron chi connectivity index (χ0n) is 15.7. The van der Waals surface area contributed by atoms with Crippen LogP contribution in [0.2, 0.25) is 0 Å². The Balaban J connectivity index is 1.70. The number of hydrogen-bond donors (Lipinski definition) is 1. The number of ether oxygens (including phenoxy) is 4. The molecule has 1 heterocycles.